The van der Waals surface area contributed by atoms with Crippen LogP contribution in [0.3, 0.4) is 0 Å². The fraction of sp³-hybridized carbons (Fsp3) is 0.529. The Labute approximate surface area is 145 Å². The Morgan fingerprint density at radius 2 is 2.33 bits per heavy atom. The van der Waals surface area contributed by atoms with Gasteiger partial charge in [0.1, 0.15) is 11.3 Å². The van der Waals surface area contributed by atoms with E-state index in [0.29, 0.717) is 10.6 Å². The average Bonchev–Trinajstić information content (AvgIpc) is 2.97. The van der Waals surface area contributed by atoms with Gasteiger partial charge in [-0.05, 0) is 45.6 Å². The minimum Gasteiger partial charge on any atom is -0.308 e. The molecule has 1 aromatic carbocycles. The molecule has 24 heavy (non-hydrogen) atoms. The normalized spacial score (nSPS) is 19.1. The number of hydrogen-bond donors (Lipinski definition) is 1. The fourth-order valence-electron chi connectivity index (χ4n) is 2.99. The summed E-state index contributed by atoms with van der Waals surface area (Å²) in [5, 5.41) is 3.36. The number of rotatable bonds is 5. The van der Waals surface area contributed by atoms with Gasteiger partial charge in [0.25, 0.3) is 0 Å². The van der Waals surface area contributed by atoms with Gasteiger partial charge in [0, 0.05) is 19.6 Å². The number of benzene rings is 1. The molecule has 1 saturated heterocycles. The number of anilines is 1. The molecule has 2 aromatic rings. The number of halogens is 1. The van der Waals surface area contributed by atoms with E-state index in [-0.39, 0.29) is 17.6 Å². The summed E-state index contributed by atoms with van der Waals surface area (Å²) < 4.78 is 14.5. The summed E-state index contributed by atoms with van der Waals surface area (Å²) in [7, 11) is 4.11. The van der Waals surface area contributed by atoms with Gasteiger partial charge in [0.05, 0.1) is 10.6 Å². The van der Waals surface area contributed by atoms with E-state index in [2.05, 4.69) is 34.2 Å². The van der Waals surface area contributed by atoms with E-state index >= 15 is 0 Å². The lowest BCUT2D eigenvalue weighted by Gasteiger charge is -2.32. The molecule has 0 spiro atoms. The van der Waals surface area contributed by atoms with Crippen LogP contribution in [0.5, 0.6) is 0 Å². The largest absolute Gasteiger partial charge is 0.308 e. The van der Waals surface area contributed by atoms with Crippen molar-refractivity contribution in [2.24, 2.45) is 5.92 Å². The predicted octanol–water partition coefficient (Wildman–Crippen LogP) is 2.65. The van der Waals surface area contributed by atoms with Gasteiger partial charge in [-0.3, -0.25) is 4.79 Å². The van der Waals surface area contributed by atoms with Crippen molar-refractivity contribution in [2.45, 2.75) is 12.8 Å². The molecule has 1 aliphatic heterocycles. The van der Waals surface area contributed by atoms with Crippen molar-refractivity contribution in [3.8, 4) is 0 Å². The second-order valence-electron chi connectivity index (χ2n) is 6.54. The summed E-state index contributed by atoms with van der Waals surface area (Å²) in [5.41, 5.74) is 0.328. The van der Waals surface area contributed by atoms with Crippen molar-refractivity contribution in [3.05, 3.63) is 24.0 Å². The van der Waals surface area contributed by atoms with Crippen molar-refractivity contribution < 1.29 is 9.18 Å². The zero-order valence-corrected chi connectivity index (χ0v) is 14.9. The minimum atomic E-state index is -0.350. The molecule has 5 nitrogen and oxygen atoms in total. The number of carbonyl (C=O) groups is 1. The summed E-state index contributed by atoms with van der Waals surface area (Å²) >= 11 is 1.32. The lowest BCUT2D eigenvalue weighted by Crippen LogP contribution is -2.43. The molecule has 1 amide bonds. The van der Waals surface area contributed by atoms with Crippen LogP contribution in [0, 0.1) is 11.7 Å². The first-order valence-corrected chi connectivity index (χ1v) is 9.07. The number of piperidine rings is 1. The molecule has 0 aliphatic carbocycles. The Morgan fingerprint density at radius 1 is 1.50 bits per heavy atom. The van der Waals surface area contributed by atoms with Gasteiger partial charge in [0.2, 0.25) is 5.91 Å². The third-order valence-corrected chi connectivity index (χ3v) is 5.28. The first-order valence-electron chi connectivity index (χ1n) is 8.26. The lowest BCUT2D eigenvalue weighted by molar-refractivity contribution is -0.121. The summed E-state index contributed by atoms with van der Waals surface area (Å²) in [6, 6.07) is 4.86. The summed E-state index contributed by atoms with van der Waals surface area (Å²) in [6.07, 6.45) is 1.92. The van der Waals surface area contributed by atoms with E-state index in [1.165, 1.54) is 17.4 Å². The van der Waals surface area contributed by atoms with Gasteiger partial charge in [0.15, 0.2) is 5.13 Å². The van der Waals surface area contributed by atoms with Crippen LogP contribution in [-0.2, 0) is 4.79 Å². The molecule has 1 fully saturated rings. The maximum absolute atomic E-state index is 13.7. The summed E-state index contributed by atoms with van der Waals surface area (Å²) in [5.74, 6) is -0.390. The van der Waals surface area contributed by atoms with Gasteiger partial charge in [-0.25, -0.2) is 9.37 Å². The molecule has 3 rings (SSSR count). The van der Waals surface area contributed by atoms with E-state index in [4.69, 9.17) is 0 Å². The molecule has 1 aromatic heterocycles. The first-order chi connectivity index (χ1) is 11.5. The highest BCUT2D eigenvalue weighted by Crippen LogP contribution is 2.28. The van der Waals surface area contributed by atoms with Crippen molar-refractivity contribution in [2.75, 3.05) is 45.6 Å². The van der Waals surface area contributed by atoms with Gasteiger partial charge in [-0.2, -0.15) is 0 Å². The van der Waals surface area contributed by atoms with Crippen LogP contribution < -0.4 is 5.32 Å². The highest BCUT2D eigenvalue weighted by molar-refractivity contribution is 7.22. The number of likely N-dealkylation sites (tertiary alicyclic amines) is 1. The Bertz CT molecular complexity index is 718. The van der Waals surface area contributed by atoms with Gasteiger partial charge < -0.3 is 15.1 Å². The predicted molar refractivity (Wildman–Crippen MR) is 95.9 cm³/mol. The van der Waals surface area contributed by atoms with Crippen molar-refractivity contribution in [1.82, 2.24) is 14.8 Å². The Morgan fingerprint density at radius 3 is 3.08 bits per heavy atom. The van der Waals surface area contributed by atoms with Gasteiger partial charge in [-0.15, -0.1) is 0 Å². The Balaban J connectivity index is 1.62. The topological polar surface area (TPSA) is 48.5 Å². The lowest BCUT2D eigenvalue weighted by atomic mass is 9.97. The third-order valence-electron chi connectivity index (χ3n) is 4.34. The molecule has 0 saturated carbocycles. The number of nitrogens with zero attached hydrogens (tertiary/aromatic N) is 3. The van der Waals surface area contributed by atoms with Crippen molar-refractivity contribution in [1.29, 1.82) is 0 Å². The number of hydrogen-bond acceptors (Lipinski definition) is 5. The number of carbonyl (C=O) groups excluding carboxylic acids is 1. The highest BCUT2D eigenvalue weighted by Gasteiger charge is 2.26. The minimum absolute atomic E-state index is 0.0102. The van der Waals surface area contributed by atoms with Gasteiger partial charge in [-0.1, -0.05) is 17.4 Å². The Hall–Kier alpha value is -1.57. The summed E-state index contributed by atoms with van der Waals surface area (Å²) in [4.78, 5) is 21.2. The molecule has 7 heteroatoms. The van der Waals surface area contributed by atoms with Crippen LogP contribution in [-0.4, -0.2) is 61.0 Å². The SMILES string of the molecule is CN(C)CCN1CCCC(C(=O)Nc2nc3c(F)cccc3s2)C1. The maximum Gasteiger partial charge on any atom is 0.230 e. The van der Waals surface area contributed by atoms with Crippen LogP contribution in [0.2, 0.25) is 0 Å². The second-order valence-corrected chi connectivity index (χ2v) is 7.57. The van der Waals surface area contributed by atoms with E-state index in [0.717, 1.165) is 43.7 Å². The molecule has 0 bridgehead atoms. The van der Waals surface area contributed by atoms with Gasteiger partial charge >= 0.3 is 0 Å². The van der Waals surface area contributed by atoms with Crippen molar-refractivity contribution in [3.63, 3.8) is 0 Å². The van der Waals surface area contributed by atoms with E-state index in [9.17, 15) is 9.18 Å². The molecule has 130 valence electrons. The van der Waals surface area contributed by atoms with Crippen LogP contribution in [0.25, 0.3) is 10.2 Å². The fourth-order valence-corrected chi connectivity index (χ4v) is 3.87. The molecule has 1 aliphatic rings. The number of likely N-dealkylation sites (N-methyl/N-ethyl adjacent to an activating group) is 1. The Kier molecular flexibility index (Phi) is 5.43. The zero-order chi connectivity index (χ0) is 17.1. The van der Waals surface area contributed by atoms with E-state index < -0.39 is 0 Å². The first kappa shape index (κ1) is 17.3. The molecule has 1 N–H and O–H groups in total. The summed E-state index contributed by atoms with van der Waals surface area (Å²) in [6.45, 7) is 3.79. The molecular formula is C17H23FN4OS. The quantitative estimate of drug-likeness (QED) is 0.901. The third kappa shape index (κ3) is 4.09. The van der Waals surface area contributed by atoms with E-state index in [1.807, 2.05) is 6.07 Å². The number of fused-ring (bicyclic) bond motifs is 1. The maximum atomic E-state index is 13.7. The van der Waals surface area contributed by atoms with Crippen LogP contribution in [0.15, 0.2) is 18.2 Å². The molecule has 1 atom stereocenters. The molecule has 2 heterocycles. The van der Waals surface area contributed by atoms with E-state index in [1.54, 1.807) is 6.07 Å². The molecular weight excluding hydrogens is 327 g/mol. The van der Waals surface area contributed by atoms with Crippen LogP contribution in [0.1, 0.15) is 12.8 Å². The number of thiazole rings is 1. The number of amides is 1. The number of nitrogens with one attached hydrogen (secondary N) is 1. The molecule has 1 unspecified atom stereocenters. The average molecular weight is 350 g/mol. The smallest absolute Gasteiger partial charge is 0.230 e. The molecule has 0 radical (unpaired) electrons. The van der Waals surface area contributed by atoms with Crippen LogP contribution in [0.4, 0.5) is 9.52 Å². The van der Waals surface area contributed by atoms with Crippen molar-refractivity contribution >= 4 is 32.6 Å². The number of para-hydroxylation sites is 1. The highest BCUT2D eigenvalue weighted by atomic mass is 32.1. The second kappa shape index (κ2) is 7.55. The standard InChI is InChI=1S/C17H23FN4OS/c1-21(2)9-10-22-8-4-5-12(11-22)16(23)20-17-19-15-13(18)6-3-7-14(15)24-17/h3,6-7,12H,4-5,8-11H2,1-2H3,(H,19,20,23). The number of aromatic nitrogens is 1. The van der Waals surface area contributed by atoms with Crippen LogP contribution >= 0.6 is 11.3 Å². The zero-order valence-electron chi connectivity index (χ0n) is 14.1. The monoisotopic (exact) mass is 350 g/mol.